The van der Waals surface area contributed by atoms with Gasteiger partial charge in [0.1, 0.15) is 0 Å². The number of rotatable bonds is 3. The Morgan fingerprint density at radius 1 is 1.30 bits per heavy atom. The molecule has 0 spiro atoms. The molecule has 2 rings (SSSR count). The molecule has 1 aromatic heterocycles. The molecule has 0 atom stereocenters. The lowest BCUT2D eigenvalue weighted by atomic mass is 10.1. The van der Waals surface area contributed by atoms with Gasteiger partial charge in [0, 0.05) is 15.0 Å². The van der Waals surface area contributed by atoms with Crippen molar-refractivity contribution in [2.75, 3.05) is 12.4 Å². The molecule has 106 valence electrons. The molecular formula is C14H15BrN2O2S. The highest BCUT2D eigenvalue weighted by Gasteiger charge is 2.16. The Bertz CT molecular complexity index is 644. The van der Waals surface area contributed by atoms with Gasteiger partial charge >= 0.3 is 5.97 Å². The summed E-state index contributed by atoms with van der Waals surface area (Å²) in [6.45, 7) is 5.92. The highest BCUT2D eigenvalue weighted by molar-refractivity contribution is 9.10. The lowest BCUT2D eigenvalue weighted by Gasteiger charge is -2.11. The minimum Gasteiger partial charge on any atom is -0.464 e. The summed E-state index contributed by atoms with van der Waals surface area (Å²) in [5.41, 5.74) is 3.61. The second-order valence-corrected chi connectivity index (χ2v) is 6.57. The third-order valence-corrected chi connectivity index (χ3v) is 4.25. The van der Waals surface area contributed by atoms with E-state index in [1.165, 1.54) is 18.4 Å². The Balaban J connectivity index is 2.34. The van der Waals surface area contributed by atoms with Gasteiger partial charge in [-0.3, -0.25) is 0 Å². The van der Waals surface area contributed by atoms with E-state index in [9.17, 15) is 4.79 Å². The molecule has 0 aliphatic carbocycles. The SMILES string of the molecule is COC(=O)c1nc(Nc2c(C)cc(Br)cc2C)sc1C. The standard InChI is InChI=1S/C14H15BrN2O2S/c1-7-5-10(15)6-8(2)11(7)16-14-17-12(9(3)20-14)13(18)19-4/h5-6H,1-4H3,(H,16,17). The van der Waals surface area contributed by atoms with Crippen molar-refractivity contribution in [3.05, 3.63) is 38.3 Å². The van der Waals surface area contributed by atoms with Crippen LogP contribution in [0.2, 0.25) is 0 Å². The van der Waals surface area contributed by atoms with Crippen molar-refractivity contribution < 1.29 is 9.53 Å². The van der Waals surface area contributed by atoms with Gasteiger partial charge in [-0.2, -0.15) is 0 Å². The summed E-state index contributed by atoms with van der Waals surface area (Å²) in [6.07, 6.45) is 0. The molecule has 0 bridgehead atoms. The van der Waals surface area contributed by atoms with Gasteiger partial charge in [-0.25, -0.2) is 9.78 Å². The van der Waals surface area contributed by atoms with Crippen LogP contribution >= 0.6 is 27.3 Å². The van der Waals surface area contributed by atoms with Gasteiger partial charge in [0.2, 0.25) is 0 Å². The van der Waals surface area contributed by atoms with Crippen LogP contribution in [0, 0.1) is 20.8 Å². The number of methoxy groups -OCH3 is 1. The Morgan fingerprint density at radius 3 is 2.45 bits per heavy atom. The summed E-state index contributed by atoms with van der Waals surface area (Å²) in [5.74, 6) is -0.406. The van der Waals surface area contributed by atoms with E-state index in [1.807, 2.05) is 32.9 Å². The van der Waals surface area contributed by atoms with Crippen LogP contribution in [-0.2, 0) is 4.74 Å². The topological polar surface area (TPSA) is 51.2 Å². The zero-order valence-corrected chi connectivity index (χ0v) is 14.1. The lowest BCUT2D eigenvalue weighted by Crippen LogP contribution is -2.03. The minimum absolute atomic E-state index is 0.368. The number of carbonyl (C=O) groups is 1. The van der Waals surface area contributed by atoms with Gasteiger partial charge in [0.15, 0.2) is 10.8 Å². The van der Waals surface area contributed by atoms with Crippen molar-refractivity contribution in [2.45, 2.75) is 20.8 Å². The maximum Gasteiger partial charge on any atom is 0.357 e. The number of aromatic nitrogens is 1. The van der Waals surface area contributed by atoms with Crippen LogP contribution in [0.5, 0.6) is 0 Å². The number of nitrogens with one attached hydrogen (secondary N) is 1. The number of aryl methyl sites for hydroxylation is 3. The van der Waals surface area contributed by atoms with Crippen molar-refractivity contribution in [3.8, 4) is 0 Å². The minimum atomic E-state index is -0.406. The van der Waals surface area contributed by atoms with E-state index in [0.717, 1.165) is 26.2 Å². The molecule has 2 aromatic rings. The quantitative estimate of drug-likeness (QED) is 0.831. The van der Waals surface area contributed by atoms with Gasteiger partial charge in [-0.05, 0) is 44.0 Å². The number of ether oxygens (including phenoxy) is 1. The van der Waals surface area contributed by atoms with Crippen LogP contribution < -0.4 is 5.32 Å². The first-order chi connectivity index (χ1) is 9.42. The molecule has 0 radical (unpaired) electrons. The number of thiazole rings is 1. The normalized spacial score (nSPS) is 10.4. The van der Waals surface area contributed by atoms with Crippen molar-refractivity contribution in [3.63, 3.8) is 0 Å². The molecule has 0 aliphatic rings. The molecule has 0 saturated carbocycles. The largest absolute Gasteiger partial charge is 0.464 e. The second kappa shape index (κ2) is 5.93. The molecule has 4 nitrogen and oxygen atoms in total. The second-order valence-electron chi connectivity index (χ2n) is 4.45. The summed E-state index contributed by atoms with van der Waals surface area (Å²) < 4.78 is 5.76. The zero-order chi connectivity index (χ0) is 14.9. The number of nitrogens with zero attached hydrogens (tertiary/aromatic N) is 1. The van der Waals surface area contributed by atoms with Crippen molar-refractivity contribution >= 4 is 44.1 Å². The number of hydrogen-bond donors (Lipinski definition) is 1. The van der Waals surface area contributed by atoms with Crippen LogP contribution in [0.1, 0.15) is 26.5 Å². The van der Waals surface area contributed by atoms with Crippen molar-refractivity contribution in [2.24, 2.45) is 0 Å². The molecule has 1 aromatic carbocycles. The van der Waals surface area contributed by atoms with Crippen LogP contribution in [0.4, 0.5) is 10.8 Å². The third-order valence-electron chi connectivity index (χ3n) is 2.90. The van der Waals surface area contributed by atoms with E-state index < -0.39 is 5.97 Å². The van der Waals surface area contributed by atoms with Gasteiger partial charge in [-0.1, -0.05) is 15.9 Å². The number of halogens is 1. The molecule has 1 heterocycles. The molecule has 6 heteroatoms. The fourth-order valence-corrected chi connectivity index (χ4v) is 3.44. The first kappa shape index (κ1) is 15.0. The van der Waals surface area contributed by atoms with Crippen LogP contribution in [0.25, 0.3) is 0 Å². The average Bonchev–Trinajstić information content (AvgIpc) is 2.74. The van der Waals surface area contributed by atoms with Crippen LogP contribution in [0.3, 0.4) is 0 Å². The molecule has 0 fully saturated rings. The lowest BCUT2D eigenvalue weighted by molar-refractivity contribution is 0.0594. The van der Waals surface area contributed by atoms with Gasteiger partial charge in [-0.15, -0.1) is 11.3 Å². The zero-order valence-electron chi connectivity index (χ0n) is 11.7. The molecule has 0 saturated heterocycles. The first-order valence-corrected chi connectivity index (χ1v) is 7.63. The summed E-state index contributed by atoms with van der Waals surface area (Å²) >= 11 is 4.91. The highest BCUT2D eigenvalue weighted by atomic mass is 79.9. The number of anilines is 2. The molecule has 0 aliphatic heterocycles. The Kier molecular flexibility index (Phi) is 4.45. The fraction of sp³-hybridized carbons (Fsp3) is 0.286. The Labute approximate surface area is 130 Å². The van der Waals surface area contributed by atoms with E-state index in [4.69, 9.17) is 4.74 Å². The van der Waals surface area contributed by atoms with E-state index in [-0.39, 0.29) is 0 Å². The highest BCUT2D eigenvalue weighted by Crippen LogP contribution is 2.31. The maximum atomic E-state index is 11.6. The number of benzene rings is 1. The van der Waals surface area contributed by atoms with Crippen LogP contribution in [-0.4, -0.2) is 18.1 Å². The van der Waals surface area contributed by atoms with E-state index in [2.05, 4.69) is 26.2 Å². The molecule has 1 N–H and O–H groups in total. The maximum absolute atomic E-state index is 11.6. The summed E-state index contributed by atoms with van der Waals surface area (Å²) in [6, 6.07) is 4.08. The van der Waals surface area contributed by atoms with Gasteiger partial charge < -0.3 is 10.1 Å². The monoisotopic (exact) mass is 354 g/mol. The van der Waals surface area contributed by atoms with Crippen molar-refractivity contribution in [1.82, 2.24) is 4.98 Å². The number of carbonyl (C=O) groups excluding carboxylic acids is 1. The van der Waals surface area contributed by atoms with Crippen LogP contribution in [0.15, 0.2) is 16.6 Å². The molecular weight excluding hydrogens is 340 g/mol. The smallest absolute Gasteiger partial charge is 0.357 e. The van der Waals surface area contributed by atoms with E-state index >= 15 is 0 Å². The predicted molar refractivity (Wildman–Crippen MR) is 85.1 cm³/mol. The first-order valence-electron chi connectivity index (χ1n) is 6.02. The Hall–Kier alpha value is -1.40. The van der Waals surface area contributed by atoms with E-state index in [0.29, 0.717) is 10.8 Å². The molecule has 0 unspecified atom stereocenters. The average molecular weight is 355 g/mol. The summed E-state index contributed by atoms with van der Waals surface area (Å²) in [4.78, 5) is 16.7. The number of hydrogen-bond acceptors (Lipinski definition) is 5. The van der Waals surface area contributed by atoms with E-state index in [1.54, 1.807) is 0 Å². The number of esters is 1. The van der Waals surface area contributed by atoms with Crippen molar-refractivity contribution in [1.29, 1.82) is 0 Å². The third kappa shape index (κ3) is 3.02. The van der Waals surface area contributed by atoms with Gasteiger partial charge in [0.25, 0.3) is 0 Å². The molecule has 20 heavy (non-hydrogen) atoms. The summed E-state index contributed by atoms with van der Waals surface area (Å²) in [7, 11) is 1.36. The fourth-order valence-electron chi connectivity index (χ4n) is 1.95. The predicted octanol–water partition coefficient (Wildman–Crippen LogP) is 4.36. The Morgan fingerprint density at radius 2 is 1.90 bits per heavy atom. The summed E-state index contributed by atoms with van der Waals surface area (Å²) in [5, 5.41) is 3.98. The molecule has 0 amide bonds. The van der Waals surface area contributed by atoms with Gasteiger partial charge in [0.05, 0.1) is 7.11 Å².